The number of benzene rings is 2. The number of ether oxygens (including phenoxy) is 1. The highest BCUT2D eigenvalue weighted by atomic mass is 16.7. The molecule has 1 aliphatic heterocycles. The lowest BCUT2D eigenvalue weighted by Gasteiger charge is -2.09. The van der Waals surface area contributed by atoms with Crippen molar-refractivity contribution in [1.82, 2.24) is 40.2 Å². The summed E-state index contributed by atoms with van der Waals surface area (Å²) in [5.74, 6) is 0.917. The Labute approximate surface area is 204 Å². The summed E-state index contributed by atoms with van der Waals surface area (Å²) in [5.41, 5.74) is 4.95. The van der Waals surface area contributed by atoms with Crippen LogP contribution in [0.5, 0.6) is 11.6 Å². The van der Waals surface area contributed by atoms with Gasteiger partial charge in [-0.2, -0.15) is 5.10 Å². The summed E-state index contributed by atoms with van der Waals surface area (Å²) >= 11 is 0. The van der Waals surface area contributed by atoms with Crippen molar-refractivity contribution < 1.29 is 14.4 Å². The molecule has 1 amide bonds. The number of hydrogen-bond acceptors (Lipinski definition) is 9. The molecule has 0 spiro atoms. The van der Waals surface area contributed by atoms with E-state index in [1.54, 1.807) is 18.0 Å². The summed E-state index contributed by atoms with van der Waals surface area (Å²) in [4.78, 5) is 32.8. The Balaban J connectivity index is 1.20. The van der Waals surface area contributed by atoms with Gasteiger partial charge in [0.2, 0.25) is 0 Å². The van der Waals surface area contributed by atoms with Gasteiger partial charge in [0.25, 0.3) is 11.8 Å². The number of aliphatic imine (C=N–C) groups is 1. The van der Waals surface area contributed by atoms with E-state index in [0.29, 0.717) is 29.0 Å². The van der Waals surface area contributed by atoms with Crippen LogP contribution < -0.4 is 14.9 Å². The van der Waals surface area contributed by atoms with Crippen molar-refractivity contribution >= 4 is 28.5 Å². The molecule has 0 saturated carbocycles. The number of hydrogen-bond donors (Lipinski definition) is 1. The van der Waals surface area contributed by atoms with E-state index in [1.807, 2.05) is 49.6 Å². The van der Waals surface area contributed by atoms with Crippen LogP contribution in [-0.4, -0.2) is 53.8 Å². The molecule has 12 heteroatoms. The minimum absolute atomic E-state index is 0.115. The fraction of sp³-hybridized carbons (Fsp3) is 0.125. The standard InChI is InChI=1S/C24H19N9O3/c1-32-13-14(10-27-32)15-7-8-20(35-2)16-9-21(28-23(15)16)29-24(34)18-11-26-22(12-25-18)36-33-19-6-4-3-5-17(19)30-31-33/h3-8,10-13H,9H2,1-2H3,(H,28,29,34). The molecule has 0 bridgehead atoms. The number of nitrogens with zero attached hydrogens (tertiary/aromatic N) is 8. The van der Waals surface area contributed by atoms with Gasteiger partial charge in [-0.3, -0.25) is 9.48 Å². The second kappa shape index (κ2) is 8.58. The van der Waals surface area contributed by atoms with Gasteiger partial charge in [0.1, 0.15) is 28.3 Å². The predicted octanol–water partition coefficient (Wildman–Crippen LogP) is 2.49. The number of amidine groups is 1. The van der Waals surface area contributed by atoms with Crippen LogP contribution in [0.15, 0.2) is 66.2 Å². The molecule has 0 atom stereocenters. The molecule has 0 saturated heterocycles. The van der Waals surface area contributed by atoms with Crippen LogP contribution in [0.25, 0.3) is 22.2 Å². The van der Waals surface area contributed by atoms with Gasteiger partial charge in [-0.15, -0.1) is 5.10 Å². The largest absolute Gasteiger partial charge is 0.496 e. The Hall–Kier alpha value is -5.13. The highest BCUT2D eigenvalue weighted by Crippen LogP contribution is 2.41. The van der Waals surface area contributed by atoms with E-state index >= 15 is 0 Å². The number of aryl methyl sites for hydroxylation is 1. The van der Waals surface area contributed by atoms with Gasteiger partial charge in [0, 0.05) is 36.4 Å². The summed E-state index contributed by atoms with van der Waals surface area (Å²) in [7, 11) is 3.46. The van der Waals surface area contributed by atoms with Crippen molar-refractivity contribution in [3.05, 3.63) is 72.4 Å². The van der Waals surface area contributed by atoms with E-state index in [4.69, 9.17) is 9.57 Å². The first kappa shape index (κ1) is 21.4. The number of rotatable bonds is 5. The van der Waals surface area contributed by atoms with Gasteiger partial charge in [0.15, 0.2) is 0 Å². The molecule has 5 aromatic rings. The fourth-order valence-corrected chi connectivity index (χ4v) is 3.99. The maximum Gasteiger partial charge on any atom is 0.276 e. The molecule has 1 aliphatic rings. The highest BCUT2D eigenvalue weighted by Gasteiger charge is 2.25. The van der Waals surface area contributed by atoms with Gasteiger partial charge in [0.05, 0.1) is 31.4 Å². The smallest absolute Gasteiger partial charge is 0.276 e. The van der Waals surface area contributed by atoms with Crippen LogP contribution in [0.1, 0.15) is 16.1 Å². The number of methoxy groups -OCH3 is 1. The number of fused-ring (bicyclic) bond motifs is 2. The molecule has 6 rings (SSSR count). The molecular formula is C24H19N9O3. The average molecular weight is 481 g/mol. The maximum absolute atomic E-state index is 12.9. The van der Waals surface area contributed by atoms with Gasteiger partial charge in [-0.1, -0.05) is 17.0 Å². The summed E-state index contributed by atoms with van der Waals surface area (Å²) in [6.07, 6.45) is 6.77. The quantitative estimate of drug-likeness (QED) is 0.405. The SMILES string of the molecule is COc1ccc(-c2cnn(C)c2)c2c1CC(NC(=O)c1cnc(On3nnc4ccccc43)cn1)=N2. The van der Waals surface area contributed by atoms with E-state index in [0.717, 1.165) is 22.4 Å². The molecule has 0 aliphatic carbocycles. The maximum atomic E-state index is 12.9. The van der Waals surface area contributed by atoms with E-state index in [-0.39, 0.29) is 11.6 Å². The Kier molecular flexibility index (Phi) is 5.10. The van der Waals surface area contributed by atoms with Crippen molar-refractivity contribution in [2.45, 2.75) is 6.42 Å². The van der Waals surface area contributed by atoms with Crippen molar-refractivity contribution in [1.29, 1.82) is 0 Å². The lowest BCUT2D eigenvalue weighted by molar-refractivity contribution is 0.0971. The van der Waals surface area contributed by atoms with E-state index < -0.39 is 5.91 Å². The minimum Gasteiger partial charge on any atom is -0.496 e. The second-order valence-electron chi connectivity index (χ2n) is 8.02. The lowest BCUT2D eigenvalue weighted by atomic mass is 10.0. The summed E-state index contributed by atoms with van der Waals surface area (Å²) in [6.45, 7) is 0. The van der Waals surface area contributed by atoms with Crippen molar-refractivity contribution in [3.63, 3.8) is 0 Å². The van der Waals surface area contributed by atoms with E-state index in [2.05, 4.69) is 35.7 Å². The molecule has 4 heterocycles. The van der Waals surface area contributed by atoms with Crippen LogP contribution in [0.3, 0.4) is 0 Å². The van der Waals surface area contributed by atoms with Gasteiger partial charge >= 0.3 is 0 Å². The topological polar surface area (TPSA) is 134 Å². The number of para-hydroxylation sites is 1. The van der Waals surface area contributed by atoms with Crippen molar-refractivity contribution in [2.75, 3.05) is 7.11 Å². The van der Waals surface area contributed by atoms with Crippen LogP contribution >= 0.6 is 0 Å². The first-order valence-corrected chi connectivity index (χ1v) is 11.0. The molecule has 1 N–H and O–H groups in total. The zero-order chi connectivity index (χ0) is 24.6. The van der Waals surface area contributed by atoms with Crippen molar-refractivity contribution in [3.8, 4) is 22.8 Å². The monoisotopic (exact) mass is 481 g/mol. The Morgan fingerprint density at radius 2 is 1.97 bits per heavy atom. The normalized spacial score (nSPS) is 12.3. The van der Waals surface area contributed by atoms with Crippen LogP contribution in [0.2, 0.25) is 0 Å². The van der Waals surface area contributed by atoms with Crippen LogP contribution in [0, 0.1) is 0 Å². The number of carbonyl (C=O) groups excluding carboxylic acids is 1. The molecule has 12 nitrogen and oxygen atoms in total. The Morgan fingerprint density at radius 3 is 2.75 bits per heavy atom. The summed E-state index contributed by atoms with van der Waals surface area (Å²) in [6, 6.07) is 11.2. The summed E-state index contributed by atoms with van der Waals surface area (Å²) in [5, 5.41) is 15.0. The van der Waals surface area contributed by atoms with Gasteiger partial charge in [-0.05, 0) is 29.5 Å². The molecule has 2 aromatic carbocycles. The zero-order valence-corrected chi connectivity index (χ0v) is 19.3. The first-order valence-electron chi connectivity index (χ1n) is 11.0. The number of carbonyl (C=O) groups is 1. The first-order chi connectivity index (χ1) is 17.6. The number of amides is 1. The third-order valence-corrected chi connectivity index (χ3v) is 5.69. The molecular weight excluding hydrogens is 462 g/mol. The lowest BCUT2D eigenvalue weighted by Crippen LogP contribution is -2.31. The molecule has 0 radical (unpaired) electrons. The highest BCUT2D eigenvalue weighted by molar-refractivity contribution is 6.09. The third kappa shape index (κ3) is 3.79. The Morgan fingerprint density at radius 1 is 1.08 bits per heavy atom. The second-order valence-corrected chi connectivity index (χ2v) is 8.02. The third-order valence-electron chi connectivity index (χ3n) is 5.69. The molecule has 178 valence electrons. The molecule has 0 unspecified atom stereocenters. The average Bonchev–Trinajstić information content (AvgIpc) is 3.62. The van der Waals surface area contributed by atoms with Crippen LogP contribution in [-0.2, 0) is 13.5 Å². The fourth-order valence-electron chi connectivity index (χ4n) is 3.99. The number of nitrogens with one attached hydrogen (secondary N) is 1. The number of aromatic nitrogens is 7. The molecule has 36 heavy (non-hydrogen) atoms. The van der Waals surface area contributed by atoms with Gasteiger partial charge in [-0.25, -0.2) is 15.0 Å². The van der Waals surface area contributed by atoms with E-state index in [1.165, 1.54) is 17.2 Å². The van der Waals surface area contributed by atoms with Crippen LogP contribution in [0.4, 0.5) is 5.69 Å². The molecule has 3 aromatic heterocycles. The summed E-state index contributed by atoms with van der Waals surface area (Å²) < 4.78 is 7.25. The minimum atomic E-state index is -0.436. The Bertz CT molecular complexity index is 1640. The van der Waals surface area contributed by atoms with Gasteiger partial charge < -0.3 is 14.9 Å². The predicted molar refractivity (Wildman–Crippen MR) is 129 cm³/mol. The zero-order valence-electron chi connectivity index (χ0n) is 19.3. The van der Waals surface area contributed by atoms with E-state index in [9.17, 15) is 4.79 Å². The molecule has 0 fully saturated rings. The van der Waals surface area contributed by atoms with Crippen molar-refractivity contribution in [2.24, 2.45) is 12.0 Å².